The van der Waals surface area contributed by atoms with E-state index in [4.69, 9.17) is 5.11 Å². The smallest absolute Gasteiger partial charge is 0.115 e. The standard InChI is InChI=1S/C6H6O.K/c7-6-4-2-1-3-5-6;/h1-5,7H;. The summed E-state index contributed by atoms with van der Waals surface area (Å²) >= 11 is 0. The summed E-state index contributed by atoms with van der Waals surface area (Å²) in [5, 5.41) is 8.63. The molecule has 0 unspecified atom stereocenters. The van der Waals surface area contributed by atoms with Gasteiger partial charge in [0.25, 0.3) is 0 Å². The van der Waals surface area contributed by atoms with Gasteiger partial charge in [-0.2, -0.15) is 0 Å². The van der Waals surface area contributed by atoms with E-state index in [0.29, 0.717) is 5.75 Å². The number of hydrogen-bond donors (Lipinski definition) is 1. The van der Waals surface area contributed by atoms with Gasteiger partial charge in [-0.15, -0.1) is 0 Å². The Labute approximate surface area is 91.1 Å². The van der Waals surface area contributed by atoms with Crippen LogP contribution < -0.4 is 0 Å². The quantitative estimate of drug-likeness (QED) is 0.524. The summed E-state index contributed by atoms with van der Waals surface area (Å²) in [4.78, 5) is 0. The molecule has 0 bridgehead atoms. The maximum absolute atomic E-state index is 8.63. The second kappa shape index (κ2) is 4.53. The number of para-hydroxylation sites is 1. The first-order chi connectivity index (χ1) is 3.39. The summed E-state index contributed by atoms with van der Waals surface area (Å²) in [5.74, 6) is 0.322. The molecule has 37 valence electrons. The molecule has 1 aromatic carbocycles. The van der Waals surface area contributed by atoms with Crippen LogP contribution in [0.2, 0.25) is 0 Å². The molecule has 0 saturated heterocycles. The SMILES string of the molecule is Oc1ccccc1.[K]. The van der Waals surface area contributed by atoms with Gasteiger partial charge in [-0.3, -0.25) is 0 Å². The Morgan fingerprint density at radius 2 is 1.50 bits per heavy atom. The van der Waals surface area contributed by atoms with Crippen molar-refractivity contribution in [1.82, 2.24) is 0 Å². The van der Waals surface area contributed by atoms with Crippen molar-refractivity contribution in [3.05, 3.63) is 30.3 Å². The number of aromatic hydroxyl groups is 1. The number of phenolic OH excluding ortho intramolecular Hbond substituents is 1. The zero-order valence-electron chi connectivity index (χ0n) is 4.83. The number of benzene rings is 1. The first-order valence-corrected chi connectivity index (χ1v) is 2.13. The molecule has 0 aliphatic rings. The minimum atomic E-state index is 0. The largest absolute Gasteiger partial charge is 0.508 e. The van der Waals surface area contributed by atoms with Gasteiger partial charge in [0.15, 0.2) is 0 Å². The fourth-order valence-corrected chi connectivity index (χ4v) is 0.428. The van der Waals surface area contributed by atoms with E-state index >= 15 is 0 Å². The van der Waals surface area contributed by atoms with Gasteiger partial charge in [-0.05, 0) is 12.1 Å². The van der Waals surface area contributed by atoms with Crippen molar-refractivity contribution in [3.8, 4) is 5.75 Å². The van der Waals surface area contributed by atoms with Crippen LogP contribution in [0.1, 0.15) is 0 Å². The Bertz CT molecular complexity index is 138. The fraction of sp³-hybridized carbons (Fsp3) is 0. The molecule has 0 spiro atoms. The van der Waals surface area contributed by atoms with Crippen LogP contribution in [0.3, 0.4) is 0 Å². The predicted molar refractivity (Wildman–Crippen MR) is 33.9 cm³/mol. The van der Waals surface area contributed by atoms with Crippen LogP contribution in [0.15, 0.2) is 30.3 Å². The maximum atomic E-state index is 8.63. The zero-order chi connectivity index (χ0) is 5.11. The van der Waals surface area contributed by atoms with E-state index in [1.54, 1.807) is 24.3 Å². The van der Waals surface area contributed by atoms with E-state index in [1.807, 2.05) is 6.07 Å². The molecular formula is C6H6KO. The van der Waals surface area contributed by atoms with E-state index in [0.717, 1.165) is 0 Å². The van der Waals surface area contributed by atoms with Gasteiger partial charge >= 0.3 is 0 Å². The number of phenols is 1. The molecule has 1 nitrogen and oxygen atoms in total. The average Bonchev–Trinajstić information content (AvgIpc) is 1.69. The third kappa shape index (κ3) is 2.84. The van der Waals surface area contributed by atoms with Crippen molar-refractivity contribution in [1.29, 1.82) is 0 Å². The Morgan fingerprint density at radius 3 is 1.75 bits per heavy atom. The van der Waals surface area contributed by atoms with Gasteiger partial charge in [-0.25, -0.2) is 0 Å². The third-order valence-electron chi connectivity index (χ3n) is 0.756. The van der Waals surface area contributed by atoms with Crippen LogP contribution in [0, 0.1) is 0 Å². The minimum absolute atomic E-state index is 0. The van der Waals surface area contributed by atoms with Crippen molar-refractivity contribution in [2.24, 2.45) is 0 Å². The van der Waals surface area contributed by atoms with Crippen molar-refractivity contribution in [2.75, 3.05) is 0 Å². The van der Waals surface area contributed by atoms with Gasteiger partial charge in [0, 0.05) is 51.4 Å². The van der Waals surface area contributed by atoms with Crippen LogP contribution in [0.5, 0.6) is 5.75 Å². The van der Waals surface area contributed by atoms with Crippen molar-refractivity contribution < 1.29 is 5.11 Å². The van der Waals surface area contributed by atoms with Crippen LogP contribution >= 0.6 is 0 Å². The molecule has 0 fully saturated rings. The predicted octanol–water partition coefficient (Wildman–Crippen LogP) is 1.01. The molecule has 0 heterocycles. The van der Waals surface area contributed by atoms with Crippen molar-refractivity contribution >= 4 is 51.4 Å². The molecule has 0 amide bonds. The zero-order valence-corrected chi connectivity index (χ0v) is 7.96. The normalized spacial score (nSPS) is 7.50. The third-order valence-corrected chi connectivity index (χ3v) is 0.756. The average molecular weight is 133 g/mol. The van der Waals surface area contributed by atoms with E-state index in [-0.39, 0.29) is 51.4 Å². The molecule has 8 heavy (non-hydrogen) atoms. The maximum Gasteiger partial charge on any atom is 0.115 e. The summed E-state index contributed by atoms with van der Waals surface area (Å²) in [6.45, 7) is 0. The van der Waals surface area contributed by atoms with E-state index in [1.165, 1.54) is 0 Å². The van der Waals surface area contributed by atoms with E-state index in [2.05, 4.69) is 0 Å². The summed E-state index contributed by atoms with van der Waals surface area (Å²) in [6.07, 6.45) is 0. The van der Waals surface area contributed by atoms with E-state index < -0.39 is 0 Å². The van der Waals surface area contributed by atoms with Gasteiger partial charge in [-0.1, -0.05) is 18.2 Å². The Kier molecular flexibility index (Phi) is 4.90. The molecule has 0 atom stereocenters. The number of hydrogen-bond acceptors (Lipinski definition) is 1. The van der Waals surface area contributed by atoms with Crippen LogP contribution in [0.4, 0.5) is 0 Å². The molecule has 1 aromatic rings. The Morgan fingerprint density at radius 1 is 1.00 bits per heavy atom. The fourth-order valence-electron chi connectivity index (χ4n) is 0.428. The Balaban J connectivity index is 0.000000490. The van der Waals surface area contributed by atoms with E-state index in [9.17, 15) is 0 Å². The summed E-state index contributed by atoms with van der Waals surface area (Å²) in [7, 11) is 0. The number of rotatable bonds is 0. The van der Waals surface area contributed by atoms with Gasteiger partial charge in [0.2, 0.25) is 0 Å². The molecule has 1 radical (unpaired) electrons. The van der Waals surface area contributed by atoms with Crippen LogP contribution in [-0.4, -0.2) is 56.5 Å². The van der Waals surface area contributed by atoms with Crippen molar-refractivity contribution in [2.45, 2.75) is 0 Å². The topological polar surface area (TPSA) is 20.2 Å². The van der Waals surface area contributed by atoms with Crippen LogP contribution in [-0.2, 0) is 0 Å². The summed E-state index contributed by atoms with van der Waals surface area (Å²) in [5.41, 5.74) is 0. The molecule has 0 aliphatic carbocycles. The molecule has 0 aliphatic heterocycles. The first kappa shape index (κ1) is 8.66. The molecule has 0 saturated carbocycles. The molecule has 1 rings (SSSR count). The second-order valence-electron chi connectivity index (χ2n) is 1.34. The second-order valence-corrected chi connectivity index (χ2v) is 1.34. The van der Waals surface area contributed by atoms with Gasteiger partial charge < -0.3 is 5.11 Å². The minimum Gasteiger partial charge on any atom is -0.508 e. The van der Waals surface area contributed by atoms with Crippen molar-refractivity contribution in [3.63, 3.8) is 0 Å². The van der Waals surface area contributed by atoms with Crippen LogP contribution in [0.25, 0.3) is 0 Å². The molecule has 1 N–H and O–H groups in total. The molecular weight excluding hydrogens is 127 g/mol. The van der Waals surface area contributed by atoms with Gasteiger partial charge in [0.1, 0.15) is 5.75 Å². The Hall–Kier alpha value is 0.656. The van der Waals surface area contributed by atoms with Gasteiger partial charge in [0.05, 0.1) is 0 Å². The summed E-state index contributed by atoms with van der Waals surface area (Å²) < 4.78 is 0. The summed E-state index contributed by atoms with van der Waals surface area (Å²) in [6, 6.07) is 8.71. The molecule has 0 aromatic heterocycles. The molecule has 2 heteroatoms. The first-order valence-electron chi connectivity index (χ1n) is 2.13. The monoisotopic (exact) mass is 133 g/mol.